The highest BCUT2D eigenvalue weighted by atomic mass is 35.5. The molecule has 1 aliphatic heterocycles. The highest BCUT2D eigenvalue weighted by Crippen LogP contribution is 2.39. The van der Waals surface area contributed by atoms with Gasteiger partial charge in [-0.3, -0.25) is 4.79 Å². The number of fused-ring (bicyclic) bond motifs is 1. The summed E-state index contributed by atoms with van der Waals surface area (Å²) in [6.07, 6.45) is 2.94. The summed E-state index contributed by atoms with van der Waals surface area (Å²) in [5.74, 6) is -0.913. The van der Waals surface area contributed by atoms with E-state index in [9.17, 15) is 14.7 Å². The van der Waals surface area contributed by atoms with Gasteiger partial charge in [0.1, 0.15) is 5.82 Å². The van der Waals surface area contributed by atoms with Gasteiger partial charge in [0.25, 0.3) is 0 Å². The molecule has 30 heavy (non-hydrogen) atoms. The van der Waals surface area contributed by atoms with Crippen LogP contribution in [0.4, 0.5) is 14.9 Å². The molecule has 1 saturated heterocycles. The number of pyridine rings is 1. The van der Waals surface area contributed by atoms with Crippen LogP contribution in [0.5, 0.6) is 5.75 Å². The topological polar surface area (TPSA) is 104 Å². The molecule has 1 atom stereocenters. The number of nitrogens with zero attached hydrogens (tertiary/aromatic N) is 2. The van der Waals surface area contributed by atoms with Crippen molar-refractivity contribution in [3.8, 4) is 5.75 Å². The van der Waals surface area contributed by atoms with Gasteiger partial charge in [0.05, 0.1) is 28.4 Å². The van der Waals surface area contributed by atoms with E-state index in [1.807, 2.05) is 0 Å². The van der Waals surface area contributed by atoms with Gasteiger partial charge in [-0.2, -0.15) is 0 Å². The monoisotopic (exact) mass is 441 g/mol. The molecular weight excluding hydrogens is 417 g/mol. The van der Waals surface area contributed by atoms with Crippen LogP contribution in [0.3, 0.4) is 0 Å². The summed E-state index contributed by atoms with van der Waals surface area (Å²) < 4.78 is 21.4. The van der Waals surface area contributed by atoms with Crippen molar-refractivity contribution in [1.82, 2.24) is 9.88 Å². The molecule has 10 heteroatoms. The van der Waals surface area contributed by atoms with Crippen molar-refractivity contribution in [1.29, 1.82) is 0 Å². The minimum Gasteiger partial charge on any atom is -0.449 e. The predicted octanol–water partition coefficient (Wildman–Crippen LogP) is 2.50. The van der Waals surface area contributed by atoms with E-state index in [4.69, 9.17) is 5.11 Å². The number of hydrogen-bond donors (Lipinski definition) is 3. The number of aromatic nitrogens is 1. The molecular formula is C20H25ClFN3O5. The minimum absolute atomic E-state index is 0. The molecule has 0 bridgehead atoms. The Bertz CT molecular complexity index is 1020. The lowest BCUT2D eigenvalue weighted by Crippen LogP contribution is -2.53. The zero-order chi connectivity index (χ0) is 20.8. The second-order valence-corrected chi connectivity index (χ2v) is 7.93. The van der Waals surface area contributed by atoms with Gasteiger partial charge in [-0.1, -0.05) is 0 Å². The normalized spacial score (nSPS) is 21.4. The van der Waals surface area contributed by atoms with Gasteiger partial charge in [-0.25, -0.2) is 9.18 Å². The lowest BCUT2D eigenvalue weighted by Gasteiger charge is -2.40. The van der Waals surface area contributed by atoms with Crippen molar-refractivity contribution in [2.45, 2.75) is 37.3 Å². The van der Waals surface area contributed by atoms with Gasteiger partial charge >= 0.3 is 6.16 Å². The largest absolute Gasteiger partial charge is 0.511 e. The molecule has 1 unspecified atom stereocenters. The van der Waals surface area contributed by atoms with E-state index in [1.54, 1.807) is 22.6 Å². The van der Waals surface area contributed by atoms with Gasteiger partial charge in [0.15, 0.2) is 5.75 Å². The van der Waals surface area contributed by atoms with E-state index in [1.165, 1.54) is 6.20 Å². The Labute approximate surface area is 178 Å². The molecule has 2 aromatic rings. The van der Waals surface area contributed by atoms with Crippen LogP contribution in [0, 0.1) is 5.82 Å². The summed E-state index contributed by atoms with van der Waals surface area (Å²) in [7, 11) is 1.76. The average molecular weight is 442 g/mol. The molecule has 0 amide bonds. The van der Waals surface area contributed by atoms with Crippen molar-refractivity contribution in [2.24, 2.45) is 0 Å². The minimum atomic E-state index is -1.59. The van der Waals surface area contributed by atoms with Crippen LogP contribution in [0.1, 0.15) is 31.7 Å². The number of nitrogens with one attached hydrogen (secondary N) is 1. The Balaban J connectivity index is 0.00000256. The summed E-state index contributed by atoms with van der Waals surface area (Å²) in [4.78, 5) is 25.4. The number of aliphatic hydroxyl groups is 1. The van der Waals surface area contributed by atoms with Crippen molar-refractivity contribution in [3.63, 3.8) is 0 Å². The van der Waals surface area contributed by atoms with Gasteiger partial charge in [0.2, 0.25) is 5.43 Å². The molecule has 8 nitrogen and oxygen atoms in total. The Morgan fingerprint density at radius 2 is 2.13 bits per heavy atom. The number of likely N-dealkylation sites (N-methyl/N-ethyl adjacent to an activating group) is 1. The van der Waals surface area contributed by atoms with Gasteiger partial charge < -0.3 is 29.7 Å². The van der Waals surface area contributed by atoms with E-state index in [0.717, 1.165) is 25.3 Å². The Hall–Kier alpha value is -2.36. The van der Waals surface area contributed by atoms with Crippen LogP contribution in [-0.2, 0) is 0 Å². The van der Waals surface area contributed by atoms with E-state index < -0.39 is 23.0 Å². The average Bonchev–Trinajstić information content (AvgIpc) is 3.48. The second-order valence-electron chi connectivity index (χ2n) is 7.93. The lowest BCUT2D eigenvalue weighted by atomic mass is 9.92. The van der Waals surface area contributed by atoms with E-state index in [0.29, 0.717) is 30.7 Å². The third-order valence-corrected chi connectivity index (χ3v) is 5.61. The van der Waals surface area contributed by atoms with Gasteiger partial charge in [0, 0.05) is 25.7 Å². The van der Waals surface area contributed by atoms with Crippen molar-refractivity contribution >= 4 is 35.2 Å². The molecule has 1 aromatic heterocycles. The fraction of sp³-hybridized carbons (Fsp3) is 0.500. The Kier molecular flexibility index (Phi) is 6.26. The number of piperidine rings is 1. The number of benzene rings is 1. The zero-order valence-corrected chi connectivity index (χ0v) is 17.4. The Morgan fingerprint density at radius 1 is 1.40 bits per heavy atom. The van der Waals surface area contributed by atoms with Crippen molar-refractivity contribution < 1.29 is 24.1 Å². The molecule has 0 spiro atoms. The summed E-state index contributed by atoms with van der Waals surface area (Å²) >= 11 is 0. The molecule has 3 N–H and O–H groups in total. The highest BCUT2D eigenvalue weighted by Gasteiger charge is 2.34. The van der Waals surface area contributed by atoms with Crippen LogP contribution < -0.4 is 20.4 Å². The second kappa shape index (κ2) is 8.41. The molecule has 4 rings (SSSR count). The number of hydrogen-bond acceptors (Lipinski definition) is 6. The molecule has 1 saturated carbocycles. The number of carbonyl (C=O) groups is 1. The smallest absolute Gasteiger partial charge is 0.449 e. The summed E-state index contributed by atoms with van der Waals surface area (Å²) in [5.41, 5.74) is -0.749. The standard InChI is InChI=1S/C20H24FN3O5.ClH/c1-22-10-20(28)5-2-6-23(11-20)16-8-15-13(7-14(16)21)18(25)17(29-19(26)27)9-24(15)12-3-4-12;/h7-9,12,22,28H,2-6,10-11H2,1H3,(H,26,27);1H. The number of anilines is 1. The van der Waals surface area contributed by atoms with E-state index >= 15 is 4.39 Å². The number of halogens is 2. The van der Waals surface area contributed by atoms with Crippen LogP contribution in [0.25, 0.3) is 10.9 Å². The number of rotatable bonds is 5. The summed E-state index contributed by atoms with van der Waals surface area (Å²) in [5, 5.41) is 22.7. The van der Waals surface area contributed by atoms with Crippen LogP contribution >= 0.6 is 12.4 Å². The fourth-order valence-corrected chi connectivity index (χ4v) is 4.19. The van der Waals surface area contributed by atoms with Crippen LogP contribution in [0.15, 0.2) is 23.1 Å². The number of carboxylic acid groups (broad SMARTS) is 1. The van der Waals surface area contributed by atoms with Gasteiger partial charge in [-0.15, -0.1) is 12.4 Å². The SMILES string of the molecule is CNCC1(O)CCCN(c2cc3c(cc2F)c(=O)c(OC(=O)O)cn3C2CC2)C1.Cl. The lowest BCUT2D eigenvalue weighted by molar-refractivity contribution is 0.0280. The molecule has 2 aliphatic rings. The maximum Gasteiger partial charge on any atom is 0.511 e. The number of β-amino-alcohol motifs (C(OH)–C–C–N with tert-alkyl or cyclic N) is 1. The maximum absolute atomic E-state index is 15.0. The van der Waals surface area contributed by atoms with Gasteiger partial charge in [-0.05, 0) is 44.9 Å². The first-order valence-corrected chi connectivity index (χ1v) is 9.72. The molecule has 0 radical (unpaired) electrons. The molecule has 164 valence electrons. The highest BCUT2D eigenvalue weighted by molar-refractivity contribution is 5.85. The van der Waals surface area contributed by atoms with E-state index in [-0.39, 0.29) is 36.1 Å². The van der Waals surface area contributed by atoms with Crippen molar-refractivity contribution in [3.05, 3.63) is 34.4 Å². The van der Waals surface area contributed by atoms with Crippen molar-refractivity contribution in [2.75, 3.05) is 31.6 Å². The first kappa shape index (κ1) is 22.3. The molecule has 2 fully saturated rings. The first-order chi connectivity index (χ1) is 13.8. The molecule has 1 aliphatic carbocycles. The van der Waals surface area contributed by atoms with Crippen LogP contribution in [0.2, 0.25) is 0 Å². The summed E-state index contributed by atoms with van der Waals surface area (Å²) in [6.45, 7) is 1.29. The quantitative estimate of drug-likeness (QED) is 0.612. The Morgan fingerprint density at radius 3 is 2.77 bits per heavy atom. The summed E-state index contributed by atoms with van der Waals surface area (Å²) in [6, 6.07) is 2.89. The predicted molar refractivity (Wildman–Crippen MR) is 113 cm³/mol. The zero-order valence-electron chi connectivity index (χ0n) is 16.6. The third-order valence-electron chi connectivity index (χ3n) is 5.61. The molecule has 2 heterocycles. The van der Waals surface area contributed by atoms with Crippen LogP contribution in [-0.4, -0.2) is 53.2 Å². The number of ether oxygens (including phenoxy) is 1. The van der Waals surface area contributed by atoms with E-state index in [2.05, 4.69) is 10.1 Å². The first-order valence-electron chi connectivity index (χ1n) is 9.72. The third kappa shape index (κ3) is 4.23. The maximum atomic E-state index is 15.0. The molecule has 1 aromatic carbocycles. The fourth-order valence-electron chi connectivity index (χ4n) is 4.19.